The Morgan fingerprint density at radius 3 is 2.92 bits per heavy atom. The summed E-state index contributed by atoms with van der Waals surface area (Å²) in [6, 6.07) is 4.63. The van der Waals surface area contributed by atoms with Crippen LogP contribution < -0.4 is 11.3 Å². The molecule has 2 aromatic rings. The first-order chi connectivity index (χ1) is 6.25. The fourth-order valence-corrected chi connectivity index (χ4v) is 0.917. The van der Waals surface area contributed by atoms with E-state index < -0.39 is 0 Å². The van der Waals surface area contributed by atoms with Gasteiger partial charge in [0, 0.05) is 6.07 Å². The smallest absolute Gasteiger partial charge is 0.276 e. The Balaban J connectivity index is 2.52. The van der Waals surface area contributed by atoms with Gasteiger partial charge in [-0.05, 0) is 11.2 Å². The molecular weight excluding hydrogens is 172 g/mol. The molecule has 66 valence electrons. The Labute approximate surface area is 72.4 Å². The molecule has 3 N–H and O–H groups in total. The van der Waals surface area contributed by atoms with Gasteiger partial charge in [0.15, 0.2) is 0 Å². The number of nitrogens with zero attached hydrogens (tertiary/aromatic N) is 2. The third-order valence-corrected chi connectivity index (χ3v) is 1.44. The molecule has 0 aliphatic carbocycles. The van der Waals surface area contributed by atoms with Crippen molar-refractivity contribution in [1.82, 2.24) is 15.1 Å². The van der Waals surface area contributed by atoms with Gasteiger partial charge in [-0.3, -0.25) is 4.79 Å². The predicted octanol–water partition coefficient (Wildman–Crippen LogP) is 0.00710. The topological polar surface area (TPSA) is 97.8 Å². The minimum Gasteiger partial charge on any atom is -0.365 e. The number of hydrogen-bond donors (Lipinski definition) is 2. The first-order valence-electron chi connectivity index (χ1n) is 3.54. The molecule has 0 aliphatic rings. The highest BCUT2D eigenvalue weighted by molar-refractivity contribution is 5.46. The second-order valence-electron chi connectivity index (χ2n) is 2.39. The van der Waals surface area contributed by atoms with Crippen molar-refractivity contribution in [1.29, 1.82) is 0 Å². The zero-order valence-electron chi connectivity index (χ0n) is 6.52. The number of aromatic amines is 1. The summed E-state index contributed by atoms with van der Waals surface area (Å²) >= 11 is 0. The van der Waals surface area contributed by atoms with Crippen molar-refractivity contribution in [3.8, 4) is 11.6 Å². The molecule has 0 fully saturated rings. The first kappa shape index (κ1) is 7.53. The third-order valence-electron chi connectivity index (χ3n) is 1.44. The van der Waals surface area contributed by atoms with E-state index in [4.69, 9.17) is 10.3 Å². The van der Waals surface area contributed by atoms with Gasteiger partial charge in [0.05, 0.1) is 0 Å². The largest absolute Gasteiger partial charge is 0.365 e. The van der Waals surface area contributed by atoms with Crippen LogP contribution in [0.2, 0.25) is 0 Å². The molecule has 0 saturated carbocycles. The van der Waals surface area contributed by atoms with Crippen LogP contribution in [-0.4, -0.2) is 15.1 Å². The van der Waals surface area contributed by atoms with Crippen LogP contribution in [0, 0.1) is 0 Å². The molecule has 13 heavy (non-hydrogen) atoms. The molecule has 0 saturated heterocycles. The van der Waals surface area contributed by atoms with Crippen molar-refractivity contribution in [3.63, 3.8) is 0 Å². The maximum absolute atomic E-state index is 10.9. The molecule has 0 spiro atoms. The molecule has 2 rings (SSSR count). The summed E-state index contributed by atoms with van der Waals surface area (Å²) in [6.45, 7) is 0. The van der Waals surface area contributed by atoms with Crippen LogP contribution in [0.15, 0.2) is 27.5 Å². The van der Waals surface area contributed by atoms with Crippen molar-refractivity contribution in [2.75, 3.05) is 5.73 Å². The standard InChI is InChI=1S/C7H6N4O2/c8-7-10-6(13-11-7)4-2-1-3-5(12)9-4/h1-3H,(H2,8,11)(H,9,12). The molecule has 6 nitrogen and oxygen atoms in total. The molecule has 2 aromatic heterocycles. The minimum atomic E-state index is -0.228. The number of H-pyrrole nitrogens is 1. The zero-order valence-corrected chi connectivity index (χ0v) is 6.52. The average molecular weight is 178 g/mol. The van der Waals surface area contributed by atoms with Gasteiger partial charge in [0.1, 0.15) is 5.69 Å². The van der Waals surface area contributed by atoms with Crippen LogP contribution in [0.1, 0.15) is 0 Å². The van der Waals surface area contributed by atoms with Crippen molar-refractivity contribution in [3.05, 3.63) is 28.6 Å². The van der Waals surface area contributed by atoms with E-state index in [1.807, 2.05) is 0 Å². The van der Waals surface area contributed by atoms with Crippen LogP contribution in [0.4, 0.5) is 5.95 Å². The van der Waals surface area contributed by atoms with Crippen LogP contribution in [0.5, 0.6) is 0 Å². The Morgan fingerprint density at radius 2 is 2.31 bits per heavy atom. The molecule has 2 heterocycles. The number of nitrogens with two attached hydrogens (primary N) is 1. The fourth-order valence-electron chi connectivity index (χ4n) is 0.917. The van der Waals surface area contributed by atoms with Gasteiger partial charge >= 0.3 is 0 Å². The highest BCUT2D eigenvalue weighted by Crippen LogP contribution is 2.12. The maximum Gasteiger partial charge on any atom is 0.276 e. The zero-order chi connectivity index (χ0) is 9.26. The first-order valence-corrected chi connectivity index (χ1v) is 3.54. The van der Waals surface area contributed by atoms with E-state index in [0.717, 1.165) is 0 Å². The SMILES string of the molecule is Nc1noc(-c2cccc(=O)[nH]2)n1. The summed E-state index contributed by atoms with van der Waals surface area (Å²) in [5.74, 6) is 0.245. The average Bonchev–Trinajstić information content (AvgIpc) is 2.52. The second kappa shape index (κ2) is 2.74. The molecule has 0 aliphatic heterocycles. The lowest BCUT2D eigenvalue weighted by Crippen LogP contribution is -2.03. The van der Waals surface area contributed by atoms with Gasteiger partial charge in [-0.25, -0.2) is 0 Å². The number of rotatable bonds is 1. The van der Waals surface area contributed by atoms with Gasteiger partial charge in [0.25, 0.3) is 11.8 Å². The van der Waals surface area contributed by atoms with E-state index in [1.54, 1.807) is 12.1 Å². The van der Waals surface area contributed by atoms with Gasteiger partial charge in [-0.15, -0.1) is 0 Å². The summed E-state index contributed by atoms with van der Waals surface area (Å²) < 4.78 is 4.75. The van der Waals surface area contributed by atoms with Crippen molar-refractivity contribution >= 4 is 5.95 Å². The molecule has 0 unspecified atom stereocenters. The number of hydrogen-bond acceptors (Lipinski definition) is 5. The highest BCUT2D eigenvalue weighted by atomic mass is 16.5. The van der Waals surface area contributed by atoms with Gasteiger partial charge in [0.2, 0.25) is 5.56 Å². The minimum absolute atomic E-state index is 0.0414. The monoisotopic (exact) mass is 178 g/mol. The molecule has 6 heteroatoms. The fraction of sp³-hybridized carbons (Fsp3) is 0. The van der Waals surface area contributed by atoms with E-state index in [2.05, 4.69) is 15.1 Å². The van der Waals surface area contributed by atoms with E-state index in [9.17, 15) is 4.79 Å². The number of nitrogens with one attached hydrogen (secondary N) is 1. The Bertz CT molecular complexity index is 473. The maximum atomic E-state index is 10.9. The van der Waals surface area contributed by atoms with E-state index in [1.165, 1.54) is 6.07 Å². The lowest BCUT2D eigenvalue weighted by molar-refractivity contribution is 0.431. The van der Waals surface area contributed by atoms with E-state index in [-0.39, 0.29) is 17.4 Å². The van der Waals surface area contributed by atoms with Crippen LogP contribution in [0.25, 0.3) is 11.6 Å². The van der Waals surface area contributed by atoms with Gasteiger partial charge in [-0.1, -0.05) is 6.07 Å². The molecule has 0 aromatic carbocycles. The second-order valence-corrected chi connectivity index (χ2v) is 2.39. The van der Waals surface area contributed by atoms with Crippen molar-refractivity contribution in [2.45, 2.75) is 0 Å². The Hall–Kier alpha value is -2.11. The summed E-state index contributed by atoms with van der Waals surface area (Å²) in [4.78, 5) is 17.2. The van der Waals surface area contributed by atoms with E-state index in [0.29, 0.717) is 5.69 Å². The Kier molecular flexibility index (Phi) is 1.59. The summed E-state index contributed by atoms with van der Waals surface area (Å²) in [5.41, 5.74) is 5.47. The summed E-state index contributed by atoms with van der Waals surface area (Å²) in [6.07, 6.45) is 0. The summed E-state index contributed by atoms with van der Waals surface area (Å²) in [5, 5.41) is 3.39. The normalized spacial score (nSPS) is 10.2. The third kappa shape index (κ3) is 1.41. The molecule has 0 radical (unpaired) electrons. The lowest BCUT2D eigenvalue weighted by atomic mass is 10.3. The summed E-state index contributed by atoms with van der Waals surface area (Å²) in [7, 11) is 0. The Morgan fingerprint density at radius 1 is 1.46 bits per heavy atom. The number of aromatic nitrogens is 3. The quantitative estimate of drug-likeness (QED) is 0.640. The van der Waals surface area contributed by atoms with Crippen LogP contribution in [0.3, 0.4) is 0 Å². The van der Waals surface area contributed by atoms with Crippen molar-refractivity contribution < 1.29 is 4.52 Å². The number of pyridine rings is 1. The van der Waals surface area contributed by atoms with Crippen molar-refractivity contribution in [2.24, 2.45) is 0 Å². The van der Waals surface area contributed by atoms with Crippen LogP contribution in [-0.2, 0) is 0 Å². The number of nitrogen functional groups attached to an aromatic ring is 1. The van der Waals surface area contributed by atoms with Gasteiger partial charge < -0.3 is 15.2 Å². The molecule has 0 amide bonds. The van der Waals surface area contributed by atoms with Gasteiger partial charge in [-0.2, -0.15) is 4.98 Å². The highest BCUT2D eigenvalue weighted by Gasteiger charge is 2.05. The lowest BCUT2D eigenvalue weighted by Gasteiger charge is -1.90. The molecule has 0 bridgehead atoms. The number of anilines is 1. The van der Waals surface area contributed by atoms with E-state index >= 15 is 0 Å². The molecular formula is C7H6N4O2. The van der Waals surface area contributed by atoms with Crippen LogP contribution >= 0.6 is 0 Å². The predicted molar refractivity (Wildman–Crippen MR) is 44.8 cm³/mol. The molecule has 0 atom stereocenters.